The van der Waals surface area contributed by atoms with E-state index in [0.29, 0.717) is 17.1 Å². The number of aromatic nitrogens is 4. The lowest BCUT2D eigenvalue weighted by atomic mass is 9.95. The Morgan fingerprint density at radius 1 is 1.13 bits per heavy atom. The number of nitrogens with zero attached hydrogens (tertiary/aromatic N) is 5. The molecule has 3 aromatic rings. The molecule has 0 fully saturated rings. The molecule has 0 saturated carbocycles. The number of fused-ring (bicyclic) bond motifs is 1. The first-order chi connectivity index (χ1) is 14.8. The van der Waals surface area contributed by atoms with Gasteiger partial charge in [0.1, 0.15) is 11.9 Å². The van der Waals surface area contributed by atoms with Gasteiger partial charge in [0.25, 0.3) is 5.91 Å². The van der Waals surface area contributed by atoms with Gasteiger partial charge < -0.3 is 10.1 Å². The molecule has 1 aromatic heterocycles. The van der Waals surface area contributed by atoms with Gasteiger partial charge >= 0.3 is 5.97 Å². The SMILES string of the molecule is C[C@H](OC(=O)c1cccc(-n2cnnn2)c1)C(=O)N1c2ccccc2NC(=O)C1(C)C. The van der Waals surface area contributed by atoms with Gasteiger partial charge in [-0.25, -0.2) is 9.48 Å². The van der Waals surface area contributed by atoms with Gasteiger partial charge in [0.2, 0.25) is 5.91 Å². The van der Waals surface area contributed by atoms with Crippen molar-refractivity contribution in [2.75, 3.05) is 10.2 Å². The summed E-state index contributed by atoms with van der Waals surface area (Å²) in [6.07, 6.45) is 0.278. The molecule has 31 heavy (non-hydrogen) atoms. The number of carbonyl (C=O) groups is 3. The van der Waals surface area contributed by atoms with Crippen LogP contribution >= 0.6 is 0 Å². The molecular formula is C21H20N6O4. The van der Waals surface area contributed by atoms with Crippen LogP contribution in [0, 0.1) is 0 Å². The third kappa shape index (κ3) is 3.63. The second-order valence-electron chi connectivity index (χ2n) is 7.56. The zero-order valence-electron chi connectivity index (χ0n) is 17.1. The summed E-state index contributed by atoms with van der Waals surface area (Å²) in [6.45, 7) is 4.76. The van der Waals surface area contributed by atoms with Crippen LogP contribution in [0.25, 0.3) is 5.69 Å². The number of tetrazole rings is 1. The van der Waals surface area contributed by atoms with Gasteiger partial charge in [-0.15, -0.1) is 5.10 Å². The van der Waals surface area contributed by atoms with E-state index in [1.807, 2.05) is 0 Å². The van der Waals surface area contributed by atoms with Crippen molar-refractivity contribution in [1.29, 1.82) is 0 Å². The average molecular weight is 420 g/mol. The molecule has 1 aliphatic heterocycles. The highest BCUT2D eigenvalue weighted by Crippen LogP contribution is 2.37. The first-order valence-electron chi connectivity index (χ1n) is 9.58. The van der Waals surface area contributed by atoms with Crippen molar-refractivity contribution in [2.45, 2.75) is 32.4 Å². The van der Waals surface area contributed by atoms with E-state index in [1.165, 1.54) is 22.8 Å². The molecule has 10 nitrogen and oxygen atoms in total. The number of para-hydroxylation sites is 2. The number of rotatable bonds is 4. The quantitative estimate of drug-likeness (QED) is 0.641. The Kier molecular flexibility index (Phi) is 4.97. The molecule has 0 radical (unpaired) electrons. The number of nitrogens with one attached hydrogen (secondary N) is 1. The molecule has 0 bridgehead atoms. The molecule has 2 aromatic carbocycles. The molecule has 4 rings (SSSR count). The predicted molar refractivity (Wildman–Crippen MR) is 111 cm³/mol. The predicted octanol–water partition coefficient (Wildman–Crippen LogP) is 1.97. The molecule has 0 saturated heterocycles. The van der Waals surface area contributed by atoms with Crippen LogP contribution in [0.15, 0.2) is 54.9 Å². The van der Waals surface area contributed by atoms with E-state index in [0.717, 1.165) is 0 Å². The van der Waals surface area contributed by atoms with Crippen molar-refractivity contribution < 1.29 is 19.1 Å². The number of amides is 2. The lowest BCUT2D eigenvalue weighted by Gasteiger charge is -2.42. The topological polar surface area (TPSA) is 119 Å². The van der Waals surface area contributed by atoms with Crippen molar-refractivity contribution >= 4 is 29.2 Å². The smallest absolute Gasteiger partial charge is 0.338 e. The summed E-state index contributed by atoms with van der Waals surface area (Å²) in [7, 11) is 0. The van der Waals surface area contributed by atoms with Gasteiger partial charge in [0.05, 0.1) is 22.6 Å². The highest BCUT2D eigenvalue weighted by molar-refractivity contribution is 6.15. The molecule has 1 N–H and O–H groups in total. The number of anilines is 2. The van der Waals surface area contributed by atoms with Crippen LogP contribution in [-0.2, 0) is 14.3 Å². The van der Waals surface area contributed by atoms with Gasteiger partial charge in [-0.3, -0.25) is 14.5 Å². The maximum absolute atomic E-state index is 13.3. The second-order valence-corrected chi connectivity index (χ2v) is 7.56. The number of hydrogen-bond acceptors (Lipinski definition) is 7. The molecule has 2 amide bonds. The lowest BCUT2D eigenvalue weighted by Crippen LogP contribution is -2.60. The van der Waals surface area contributed by atoms with Crippen molar-refractivity contribution in [3.05, 3.63) is 60.4 Å². The van der Waals surface area contributed by atoms with Crippen LogP contribution in [0.4, 0.5) is 11.4 Å². The van der Waals surface area contributed by atoms with E-state index >= 15 is 0 Å². The second kappa shape index (κ2) is 7.63. The number of esters is 1. The fourth-order valence-electron chi connectivity index (χ4n) is 3.36. The first kappa shape index (κ1) is 20.2. The molecule has 0 unspecified atom stereocenters. The van der Waals surface area contributed by atoms with Crippen molar-refractivity contribution in [3.63, 3.8) is 0 Å². The van der Waals surface area contributed by atoms with Gasteiger partial charge in [0.15, 0.2) is 6.10 Å². The lowest BCUT2D eigenvalue weighted by molar-refractivity contribution is -0.131. The largest absolute Gasteiger partial charge is 0.449 e. The maximum atomic E-state index is 13.3. The fraction of sp³-hybridized carbons (Fsp3) is 0.238. The molecule has 0 spiro atoms. The third-order valence-corrected chi connectivity index (χ3v) is 5.06. The van der Waals surface area contributed by atoms with Crippen LogP contribution in [0.5, 0.6) is 0 Å². The first-order valence-corrected chi connectivity index (χ1v) is 9.58. The Hall–Kier alpha value is -4.08. The number of ether oxygens (including phenoxy) is 1. The van der Waals surface area contributed by atoms with E-state index in [2.05, 4.69) is 20.8 Å². The van der Waals surface area contributed by atoms with Crippen LogP contribution in [0.3, 0.4) is 0 Å². The Balaban J connectivity index is 1.57. The minimum absolute atomic E-state index is 0.240. The fourth-order valence-corrected chi connectivity index (χ4v) is 3.36. The maximum Gasteiger partial charge on any atom is 0.338 e. The number of carbonyl (C=O) groups excluding carboxylic acids is 3. The van der Waals surface area contributed by atoms with Gasteiger partial charge in [-0.2, -0.15) is 0 Å². The zero-order chi connectivity index (χ0) is 22.2. The molecule has 10 heteroatoms. The van der Waals surface area contributed by atoms with Gasteiger partial charge in [-0.1, -0.05) is 18.2 Å². The standard InChI is InChI=1S/C21H20N6O4/c1-13(31-19(29)14-7-6-8-15(11-14)26-12-22-24-25-26)18(28)27-17-10-5-4-9-16(17)23-20(30)21(27,2)3/h4-13H,1-3H3,(H,23,30)/t13-/m0/s1. The van der Waals surface area contributed by atoms with E-state index in [1.54, 1.807) is 62.4 Å². The normalized spacial score (nSPS) is 15.6. The summed E-state index contributed by atoms with van der Waals surface area (Å²) in [5.41, 5.74) is 0.713. The van der Waals surface area contributed by atoms with Gasteiger partial charge in [0, 0.05) is 0 Å². The van der Waals surface area contributed by atoms with Gasteiger partial charge in [-0.05, 0) is 61.5 Å². The molecule has 1 aliphatic rings. The monoisotopic (exact) mass is 420 g/mol. The Morgan fingerprint density at radius 2 is 1.90 bits per heavy atom. The number of hydrogen-bond donors (Lipinski definition) is 1. The van der Waals surface area contributed by atoms with Crippen molar-refractivity contribution in [1.82, 2.24) is 20.2 Å². The Bertz CT molecular complexity index is 1160. The van der Waals surface area contributed by atoms with Crippen LogP contribution in [0.1, 0.15) is 31.1 Å². The Labute approximate surface area is 177 Å². The highest BCUT2D eigenvalue weighted by atomic mass is 16.5. The third-order valence-electron chi connectivity index (χ3n) is 5.06. The van der Waals surface area contributed by atoms with E-state index < -0.39 is 23.5 Å². The molecule has 0 aliphatic carbocycles. The number of benzene rings is 2. The molecular weight excluding hydrogens is 400 g/mol. The minimum atomic E-state index is -1.16. The van der Waals surface area contributed by atoms with Crippen molar-refractivity contribution in [3.8, 4) is 5.69 Å². The summed E-state index contributed by atoms with van der Waals surface area (Å²) in [6, 6.07) is 13.5. The zero-order valence-corrected chi connectivity index (χ0v) is 17.1. The summed E-state index contributed by atoms with van der Waals surface area (Å²) >= 11 is 0. The van der Waals surface area contributed by atoms with Crippen LogP contribution < -0.4 is 10.2 Å². The summed E-state index contributed by atoms with van der Waals surface area (Å²) in [5.74, 6) is -1.51. The summed E-state index contributed by atoms with van der Waals surface area (Å²) < 4.78 is 6.84. The van der Waals surface area contributed by atoms with E-state index in [-0.39, 0.29) is 11.5 Å². The van der Waals surface area contributed by atoms with E-state index in [4.69, 9.17) is 4.74 Å². The van der Waals surface area contributed by atoms with Crippen molar-refractivity contribution in [2.24, 2.45) is 0 Å². The molecule has 1 atom stereocenters. The average Bonchev–Trinajstić information content (AvgIpc) is 3.29. The van der Waals surface area contributed by atoms with E-state index in [9.17, 15) is 14.4 Å². The Morgan fingerprint density at radius 3 is 2.65 bits per heavy atom. The highest BCUT2D eigenvalue weighted by Gasteiger charge is 2.45. The molecule has 2 heterocycles. The minimum Gasteiger partial charge on any atom is -0.449 e. The van der Waals surface area contributed by atoms with Crippen LogP contribution in [0.2, 0.25) is 0 Å². The molecule has 158 valence electrons. The summed E-state index contributed by atoms with van der Waals surface area (Å²) in [5, 5.41) is 13.7. The van der Waals surface area contributed by atoms with Crippen LogP contribution in [-0.4, -0.2) is 49.6 Å². The summed E-state index contributed by atoms with van der Waals surface area (Å²) in [4.78, 5) is 39.9.